The quantitative estimate of drug-likeness (QED) is 0.870. The molecule has 2 aromatic rings. The highest BCUT2D eigenvalue weighted by Crippen LogP contribution is 2.13. The van der Waals surface area contributed by atoms with E-state index < -0.39 is 0 Å². The lowest BCUT2D eigenvalue weighted by Crippen LogP contribution is -2.29. The molecule has 1 aliphatic rings. The van der Waals surface area contributed by atoms with Gasteiger partial charge in [0.25, 0.3) is 0 Å². The normalized spacial score (nSPS) is 15.1. The molecule has 1 amide bonds. The van der Waals surface area contributed by atoms with Crippen LogP contribution in [0.2, 0.25) is 0 Å². The number of hydrogen-bond acceptors (Lipinski definition) is 2. The lowest BCUT2D eigenvalue weighted by molar-refractivity contribution is -0.120. The Morgan fingerprint density at radius 3 is 2.16 bits per heavy atom. The van der Waals surface area contributed by atoms with Gasteiger partial charge in [0, 0.05) is 13.1 Å². The van der Waals surface area contributed by atoms with Crippen LogP contribution in [0.4, 0.5) is 4.39 Å². The van der Waals surface area contributed by atoms with Gasteiger partial charge in [-0.25, -0.2) is 4.39 Å². The number of carbonyl (C=O) groups excluding carboxylic acids is 1. The van der Waals surface area contributed by atoms with Gasteiger partial charge < -0.3 is 5.32 Å². The average Bonchev–Trinajstić information content (AvgIpc) is 2.64. The molecule has 0 aliphatic carbocycles. The number of benzene rings is 2. The molecule has 1 N–H and O–H groups in total. The van der Waals surface area contributed by atoms with E-state index in [0.29, 0.717) is 6.54 Å². The van der Waals surface area contributed by atoms with Crippen LogP contribution in [-0.2, 0) is 24.3 Å². The number of piperidine rings is 1. The van der Waals surface area contributed by atoms with Crippen molar-refractivity contribution in [1.29, 1.82) is 0 Å². The van der Waals surface area contributed by atoms with Crippen molar-refractivity contribution in [3.8, 4) is 0 Å². The molecule has 0 bridgehead atoms. The molecule has 0 radical (unpaired) electrons. The first-order valence-electron chi connectivity index (χ1n) is 9.00. The second kappa shape index (κ2) is 8.77. The monoisotopic (exact) mass is 340 g/mol. The summed E-state index contributed by atoms with van der Waals surface area (Å²) in [6.45, 7) is 3.92. The molecule has 1 heterocycles. The van der Waals surface area contributed by atoms with Crippen molar-refractivity contribution in [2.24, 2.45) is 0 Å². The summed E-state index contributed by atoms with van der Waals surface area (Å²) in [6, 6.07) is 14.5. The fourth-order valence-corrected chi connectivity index (χ4v) is 3.19. The highest BCUT2D eigenvalue weighted by molar-refractivity contribution is 5.78. The van der Waals surface area contributed by atoms with E-state index in [9.17, 15) is 9.18 Å². The molecular weight excluding hydrogens is 315 g/mol. The van der Waals surface area contributed by atoms with Crippen LogP contribution < -0.4 is 5.32 Å². The maximum Gasteiger partial charge on any atom is 0.224 e. The second-order valence-corrected chi connectivity index (χ2v) is 6.73. The number of nitrogens with one attached hydrogen (secondary N) is 1. The standard InChI is InChI=1S/C21H25FN2O/c22-20-10-8-17(9-11-20)14-21(25)23-15-18-4-6-19(7-5-18)16-24-12-2-1-3-13-24/h4-11H,1-3,12-16H2,(H,23,25). The molecule has 0 aromatic heterocycles. The Morgan fingerprint density at radius 1 is 0.880 bits per heavy atom. The van der Waals surface area contributed by atoms with Gasteiger partial charge in [0.05, 0.1) is 6.42 Å². The first kappa shape index (κ1) is 17.6. The molecule has 0 atom stereocenters. The van der Waals surface area contributed by atoms with E-state index >= 15 is 0 Å². The Balaban J connectivity index is 1.44. The lowest BCUT2D eigenvalue weighted by Gasteiger charge is -2.26. The minimum absolute atomic E-state index is 0.0519. The van der Waals surface area contributed by atoms with Crippen LogP contribution >= 0.6 is 0 Å². The zero-order valence-electron chi connectivity index (χ0n) is 14.5. The van der Waals surface area contributed by atoms with E-state index in [2.05, 4.69) is 34.5 Å². The summed E-state index contributed by atoms with van der Waals surface area (Å²) in [7, 11) is 0. The minimum atomic E-state index is -0.284. The third-order valence-corrected chi connectivity index (χ3v) is 4.65. The molecule has 0 unspecified atom stereocenters. The van der Waals surface area contributed by atoms with Crippen LogP contribution in [-0.4, -0.2) is 23.9 Å². The molecule has 3 nitrogen and oxygen atoms in total. The van der Waals surface area contributed by atoms with Gasteiger partial charge in [-0.05, 0) is 54.8 Å². The zero-order valence-corrected chi connectivity index (χ0v) is 14.5. The number of hydrogen-bond donors (Lipinski definition) is 1. The minimum Gasteiger partial charge on any atom is -0.352 e. The molecule has 132 valence electrons. The molecule has 1 aliphatic heterocycles. The highest BCUT2D eigenvalue weighted by atomic mass is 19.1. The van der Waals surface area contributed by atoms with Crippen LogP contribution in [0.5, 0.6) is 0 Å². The Kier molecular flexibility index (Phi) is 6.18. The molecule has 3 rings (SSSR count). The fourth-order valence-electron chi connectivity index (χ4n) is 3.19. The van der Waals surface area contributed by atoms with Gasteiger partial charge in [0.1, 0.15) is 5.82 Å². The van der Waals surface area contributed by atoms with E-state index in [1.54, 1.807) is 12.1 Å². The summed E-state index contributed by atoms with van der Waals surface area (Å²) in [6.07, 6.45) is 4.23. The van der Waals surface area contributed by atoms with Crippen LogP contribution in [0.25, 0.3) is 0 Å². The van der Waals surface area contributed by atoms with E-state index in [-0.39, 0.29) is 18.1 Å². The number of amides is 1. The van der Waals surface area contributed by atoms with Gasteiger partial charge >= 0.3 is 0 Å². The van der Waals surface area contributed by atoms with E-state index in [4.69, 9.17) is 0 Å². The van der Waals surface area contributed by atoms with E-state index in [1.165, 1.54) is 50.0 Å². The van der Waals surface area contributed by atoms with Crippen molar-refractivity contribution in [2.45, 2.75) is 38.8 Å². The second-order valence-electron chi connectivity index (χ2n) is 6.73. The van der Waals surface area contributed by atoms with Crippen LogP contribution in [0.1, 0.15) is 36.0 Å². The first-order valence-corrected chi connectivity index (χ1v) is 9.00. The van der Waals surface area contributed by atoms with Crippen molar-refractivity contribution in [3.05, 3.63) is 71.0 Å². The Hall–Kier alpha value is -2.20. The first-order chi connectivity index (χ1) is 12.2. The largest absolute Gasteiger partial charge is 0.352 e. The van der Waals surface area contributed by atoms with Crippen LogP contribution in [0, 0.1) is 5.82 Å². The SMILES string of the molecule is O=C(Cc1ccc(F)cc1)NCc1ccc(CN2CCCCC2)cc1. The highest BCUT2D eigenvalue weighted by Gasteiger charge is 2.10. The van der Waals surface area contributed by atoms with Gasteiger partial charge in [-0.1, -0.05) is 42.8 Å². The predicted octanol–water partition coefficient (Wildman–Crippen LogP) is 3.67. The van der Waals surface area contributed by atoms with Gasteiger partial charge in [0.2, 0.25) is 5.91 Å². The van der Waals surface area contributed by atoms with E-state index in [0.717, 1.165) is 17.7 Å². The maximum atomic E-state index is 12.9. The molecule has 0 saturated carbocycles. The summed E-state index contributed by atoms with van der Waals surface area (Å²) in [5, 5.41) is 2.92. The van der Waals surface area contributed by atoms with Gasteiger partial charge in [-0.15, -0.1) is 0 Å². The summed E-state index contributed by atoms with van der Waals surface area (Å²) >= 11 is 0. The molecular formula is C21H25FN2O. The molecule has 4 heteroatoms. The number of likely N-dealkylation sites (tertiary alicyclic amines) is 1. The van der Waals surface area contributed by atoms with Gasteiger partial charge in [0.15, 0.2) is 0 Å². The van der Waals surface area contributed by atoms with Crippen LogP contribution in [0.3, 0.4) is 0 Å². The third-order valence-electron chi connectivity index (χ3n) is 4.65. The molecule has 0 spiro atoms. The average molecular weight is 340 g/mol. The number of rotatable bonds is 6. The lowest BCUT2D eigenvalue weighted by atomic mass is 10.1. The Labute approximate surface area is 148 Å². The van der Waals surface area contributed by atoms with Crippen molar-refractivity contribution in [3.63, 3.8) is 0 Å². The molecule has 1 fully saturated rings. The maximum absolute atomic E-state index is 12.9. The zero-order chi connectivity index (χ0) is 17.5. The number of carbonyl (C=O) groups is 1. The van der Waals surface area contributed by atoms with Gasteiger partial charge in [-0.3, -0.25) is 9.69 Å². The van der Waals surface area contributed by atoms with Crippen molar-refractivity contribution >= 4 is 5.91 Å². The number of halogens is 1. The fraction of sp³-hybridized carbons (Fsp3) is 0.381. The van der Waals surface area contributed by atoms with E-state index in [1.807, 2.05) is 0 Å². The van der Waals surface area contributed by atoms with Crippen molar-refractivity contribution in [1.82, 2.24) is 10.2 Å². The summed E-state index contributed by atoms with van der Waals surface area (Å²) in [5.41, 5.74) is 3.23. The topological polar surface area (TPSA) is 32.3 Å². The van der Waals surface area contributed by atoms with Crippen molar-refractivity contribution in [2.75, 3.05) is 13.1 Å². The smallest absolute Gasteiger partial charge is 0.224 e. The Morgan fingerprint density at radius 2 is 1.48 bits per heavy atom. The molecule has 25 heavy (non-hydrogen) atoms. The predicted molar refractivity (Wildman–Crippen MR) is 97.5 cm³/mol. The molecule has 1 saturated heterocycles. The number of nitrogens with zero attached hydrogens (tertiary/aromatic N) is 1. The third kappa shape index (κ3) is 5.68. The summed E-state index contributed by atoms with van der Waals surface area (Å²) < 4.78 is 12.9. The Bertz CT molecular complexity index is 676. The van der Waals surface area contributed by atoms with Crippen molar-refractivity contribution < 1.29 is 9.18 Å². The molecule has 2 aromatic carbocycles. The van der Waals surface area contributed by atoms with Crippen LogP contribution in [0.15, 0.2) is 48.5 Å². The van der Waals surface area contributed by atoms with Gasteiger partial charge in [-0.2, -0.15) is 0 Å². The summed E-state index contributed by atoms with van der Waals surface area (Å²) in [5.74, 6) is -0.335. The summed E-state index contributed by atoms with van der Waals surface area (Å²) in [4.78, 5) is 14.5.